The topological polar surface area (TPSA) is 121 Å². The summed E-state index contributed by atoms with van der Waals surface area (Å²) in [6.07, 6.45) is 2.97. The Balaban J connectivity index is 1.83. The number of aromatic nitrogens is 1. The van der Waals surface area contributed by atoms with Gasteiger partial charge in [0.15, 0.2) is 5.69 Å². The molecule has 0 unspecified atom stereocenters. The lowest BCUT2D eigenvalue weighted by Gasteiger charge is -2.19. The summed E-state index contributed by atoms with van der Waals surface area (Å²) in [5.41, 5.74) is 1.33. The molecular weight excluding hydrogens is 478 g/mol. The van der Waals surface area contributed by atoms with Crippen LogP contribution in [0.3, 0.4) is 0 Å². The van der Waals surface area contributed by atoms with Gasteiger partial charge in [0.2, 0.25) is 0 Å². The molecule has 4 N–H and O–H groups in total. The Morgan fingerprint density at radius 2 is 1.85 bits per heavy atom. The average Bonchev–Trinajstić information content (AvgIpc) is 2.79. The zero-order valence-corrected chi connectivity index (χ0v) is 20.1. The Morgan fingerprint density at radius 1 is 1.15 bits per heavy atom. The molecule has 3 aromatic rings. The number of benzene rings is 2. The maximum Gasteiger partial charge on any atom is 0.319 e. The number of halogens is 1. The van der Waals surface area contributed by atoms with Crippen LogP contribution in [0.25, 0.3) is 0 Å². The number of urea groups is 1. The molecule has 1 atom stereocenters. The first-order valence-electron chi connectivity index (χ1n) is 10.3. The minimum absolute atomic E-state index is 0.133. The van der Waals surface area contributed by atoms with Crippen LogP contribution < -0.4 is 16.2 Å². The van der Waals surface area contributed by atoms with E-state index in [0.717, 1.165) is 10.5 Å². The van der Waals surface area contributed by atoms with E-state index in [9.17, 15) is 24.6 Å². The van der Waals surface area contributed by atoms with Gasteiger partial charge >= 0.3 is 12.0 Å². The van der Waals surface area contributed by atoms with Gasteiger partial charge in [-0.05, 0) is 48.6 Å². The van der Waals surface area contributed by atoms with Crippen molar-refractivity contribution in [3.05, 3.63) is 86.8 Å². The molecule has 10 heteroatoms. The molecule has 0 aliphatic heterocycles. The number of nitrogens with zero attached hydrogens (tertiary/aromatic N) is 1. The van der Waals surface area contributed by atoms with Crippen LogP contribution in [0.1, 0.15) is 29.2 Å². The van der Waals surface area contributed by atoms with Crippen LogP contribution in [0.4, 0.5) is 10.5 Å². The van der Waals surface area contributed by atoms with E-state index in [1.807, 2.05) is 37.4 Å². The summed E-state index contributed by atoms with van der Waals surface area (Å²) < 4.78 is 1.31. The average molecular weight is 502 g/mol. The second-order valence-electron chi connectivity index (χ2n) is 7.63. The number of aryl methyl sites for hydroxylation is 1. The molecule has 0 aliphatic carbocycles. The summed E-state index contributed by atoms with van der Waals surface area (Å²) in [4.78, 5) is 37.9. The first-order chi connectivity index (χ1) is 16.2. The Labute approximate surface area is 205 Å². The van der Waals surface area contributed by atoms with E-state index in [2.05, 4.69) is 10.6 Å². The van der Waals surface area contributed by atoms with Gasteiger partial charge < -0.3 is 25.4 Å². The highest BCUT2D eigenvalue weighted by Gasteiger charge is 2.20. The van der Waals surface area contributed by atoms with E-state index in [-0.39, 0.29) is 18.7 Å². The van der Waals surface area contributed by atoms with Crippen molar-refractivity contribution in [2.45, 2.75) is 30.8 Å². The fraction of sp³-hybridized carbons (Fsp3) is 0.208. The van der Waals surface area contributed by atoms with Gasteiger partial charge in [0.05, 0.1) is 19.0 Å². The summed E-state index contributed by atoms with van der Waals surface area (Å²) in [5.74, 6) is -1.51. The standard InChI is InChI=1S/C24H24ClN3O5S/c1-14-3-5-15(6-4-14)19(12-21(30)31)26-24(33)27-22-20(29)9-10-28(23(22)32)13-16-11-17(34-2)7-8-18(16)25/h3-11,19,29H,12-13H2,1-2H3,(H,30,31)(H2,26,27,33)/t19-/m0/s1. The maximum absolute atomic E-state index is 13.0. The molecular formula is C24H24ClN3O5S. The van der Waals surface area contributed by atoms with E-state index < -0.39 is 29.4 Å². The molecule has 0 aliphatic rings. The first-order valence-corrected chi connectivity index (χ1v) is 11.9. The molecule has 8 nitrogen and oxygen atoms in total. The number of amides is 2. The Kier molecular flexibility index (Phi) is 8.25. The molecule has 2 aromatic carbocycles. The number of carbonyl (C=O) groups is 2. The number of carboxylic acids is 1. The highest BCUT2D eigenvalue weighted by molar-refractivity contribution is 7.98. The largest absolute Gasteiger partial charge is 0.505 e. The second kappa shape index (κ2) is 11.1. The molecule has 3 rings (SSSR count). The second-order valence-corrected chi connectivity index (χ2v) is 8.91. The predicted molar refractivity (Wildman–Crippen MR) is 133 cm³/mol. The van der Waals surface area contributed by atoms with E-state index >= 15 is 0 Å². The number of aliphatic carboxylic acids is 1. The van der Waals surface area contributed by atoms with Gasteiger partial charge in [0, 0.05) is 16.1 Å². The number of hydrogen-bond acceptors (Lipinski definition) is 5. The van der Waals surface area contributed by atoms with Crippen molar-refractivity contribution in [3.63, 3.8) is 0 Å². The summed E-state index contributed by atoms with van der Waals surface area (Å²) in [5, 5.41) is 24.9. The minimum atomic E-state index is -1.10. The number of nitrogens with one attached hydrogen (secondary N) is 2. The Hall–Kier alpha value is -3.43. The number of rotatable bonds is 8. The quantitative estimate of drug-likeness (QED) is 0.334. The third-order valence-electron chi connectivity index (χ3n) is 5.14. The molecule has 0 fully saturated rings. The lowest BCUT2D eigenvalue weighted by molar-refractivity contribution is -0.137. The highest BCUT2D eigenvalue weighted by atomic mass is 35.5. The van der Waals surface area contributed by atoms with Crippen molar-refractivity contribution < 1.29 is 19.8 Å². The van der Waals surface area contributed by atoms with E-state index in [0.29, 0.717) is 16.1 Å². The van der Waals surface area contributed by atoms with E-state index in [1.165, 1.54) is 28.6 Å². The molecule has 34 heavy (non-hydrogen) atoms. The smallest absolute Gasteiger partial charge is 0.319 e. The van der Waals surface area contributed by atoms with Crippen LogP contribution in [0, 0.1) is 6.92 Å². The van der Waals surface area contributed by atoms with Gasteiger partial charge in [-0.3, -0.25) is 9.59 Å². The summed E-state index contributed by atoms with van der Waals surface area (Å²) >= 11 is 7.81. The van der Waals surface area contributed by atoms with E-state index in [4.69, 9.17) is 11.6 Å². The SMILES string of the molecule is CSc1ccc(Cl)c(Cn2ccc(O)c(NC(=O)N[C@@H](CC(=O)O)c3ccc(C)cc3)c2=O)c1. The molecule has 178 valence electrons. The van der Waals surface area contributed by atoms with Gasteiger partial charge in [0.1, 0.15) is 5.75 Å². The monoisotopic (exact) mass is 501 g/mol. The van der Waals surface area contributed by atoms with Gasteiger partial charge in [-0.25, -0.2) is 4.79 Å². The molecule has 0 bridgehead atoms. The zero-order valence-electron chi connectivity index (χ0n) is 18.5. The van der Waals surface area contributed by atoms with Crippen LogP contribution in [-0.2, 0) is 11.3 Å². The van der Waals surface area contributed by atoms with Gasteiger partial charge in [0.25, 0.3) is 5.56 Å². The van der Waals surface area contributed by atoms with Gasteiger partial charge in [-0.2, -0.15) is 0 Å². The van der Waals surface area contributed by atoms with Crippen molar-refractivity contribution >= 4 is 41.1 Å². The van der Waals surface area contributed by atoms with Crippen LogP contribution in [0.15, 0.2) is 64.4 Å². The summed E-state index contributed by atoms with van der Waals surface area (Å²) in [6, 6.07) is 12.2. The maximum atomic E-state index is 13.0. The summed E-state index contributed by atoms with van der Waals surface area (Å²) in [6.45, 7) is 2.03. The fourth-order valence-corrected chi connectivity index (χ4v) is 3.96. The van der Waals surface area contributed by atoms with Crippen molar-refractivity contribution in [2.75, 3.05) is 11.6 Å². The summed E-state index contributed by atoms with van der Waals surface area (Å²) in [7, 11) is 0. The fourth-order valence-electron chi connectivity index (χ4n) is 3.32. The van der Waals surface area contributed by atoms with Crippen LogP contribution >= 0.6 is 23.4 Å². The molecule has 0 saturated carbocycles. The van der Waals surface area contributed by atoms with Crippen molar-refractivity contribution in [2.24, 2.45) is 0 Å². The number of carboxylic acid groups (broad SMARTS) is 1. The lowest BCUT2D eigenvalue weighted by Crippen LogP contribution is -2.36. The minimum Gasteiger partial charge on any atom is -0.505 e. The van der Waals surface area contributed by atoms with Gasteiger partial charge in [-0.15, -0.1) is 11.8 Å². The van der Waals surface area contributed by atoms with E-state index in [1.54, 1.807) is 18.2 Å². The van der Waals surface area contributed by atoms with Crippen molar-refractivity contribution in [1.29, 1.82) is 0 Å². The number of carbonyl (C=O) groups excluding carboxylic acids is 1. The molecule has 0 spiro atoms. The van der Waals surface area contributed by atoms with Crippen molar-refractivity contribution in [1.82, 2.24) is 9.88 Å². The first kappa shape index (κ1) is 25.2. The molecule has 0 radical (unpaired) electrons. The molecule has 1 aromatic heterocycles. The number of hydrogen-bond donors (Lipinski definition) is 4. The van der Waals surface area contributed by atoms with Crippen LogP contribution in [0.2, 0.25) is 5.02 Å². The molecule has 2 amide bonds. The number of aromatic hydroxyl groups is 1. The number of pyridine rings is 1. The molecule has 1 heterocycles. The third-order valence-corrected chi connectivity index (χ3v) is 6.23. The lowest BCUT2D eigenvalue weighted by atomic mass is 10.0. The predicted octanol–water partition coefficient (Wildman–Crippen LogP) is 4.62. The zero-order chi connectivity index (χ0) is 24.8. The molecule has 0 saturated heterocycles. The normalized spacial score (nSPS) is 11.6. The van der Waals surface area contributed by atoms with Crippen LogP contribution in [-0.4, -0.2) is 33.0 Å². The Bertz CT molecular complexity index is 1260. The van der Waals surface area contributed by atoms with Crippen molar-refractivity contribution in [3.8, 4) is 5.75 Å². The van der Waals surface area contributed by atoms with Crippen LogP contribution in [0.5, 0.6) is 5.75 Å². The Morgan fingerprint density at radius 3 is 2.50 bits per heavy atom. The van der Waals surface area contributed by atoms with Gasteiger partial charge in [-0.1, -0.05) is 41.4 Å². The number of thioether (sulfide) groups is 1. The number of anilines is 1. The third kappa shape index (κ3) is 6.33. The highest BCUT2D eigenvalue weighted by Crippen LogP contribution is 2.25.